The summed E-state index contributed by atoms with van der Waals surface area (Å²) in [4.78, 5) is 10.2. The summed E-state index contributed by atoms with van der Waals surface area (Å²) in [6.45, 7) is 0. The lowest BCUT2D eigenvalue weighted by molar-refractivity contribution is -0.106. The molecule has 0 unspecified atom stereocenters. The fourth-order valence-electron chi connectivity index (χ4n) is 0.718. The van der Waals surface area contributed by atoms with Gasteiger partial charge in [-0.3, -0.25) is 14.8 Å². The van der Waals surface area contributed by atoms with Gasteiger partial charge in [0.1, 0.15) is 5.70 Å². The third kappa shape index (κ3) is 1.02. The number of hydrazine groups is 2. The van der Waals surface area contributed by atoms with Crippen molar-refractivity contribution in [2.24, 2.45) is 0 Å². The molecule has 0 saturated heterocycles. The predicted octanol–water partition coefficient (Wildman–Crippen LogP) is -0.677. The molecule has 1 heterocycles. The lowest BCUT2D eigenvalue weighted by Crippen LogP contribution is -2.35. The van der Waals surface area contributed by atoms with Gasteiger partial charge in [-0.25, -0.2) is 0 Å². The first-order valence-electron chi connectivity index (χ1n) is 2.64. The molecule has 1 N–H and O–H groups in total. The van der Waals surface area contributed by atoms with Crippen LogP contribution in [0.4, 0.5) is 0 Å². The molecule has 50 valence electrons. The average Bonchev–Trinajstić information content (AvgIpc) is 2.10. The van der Waals surface area contributed by atoms with E-state index in [1.165, 1.54) is 0 Å². The average molecular weight is 127 g/mol. The van der Waals surface area contributed by atoms with Gasteiger partial charge < -0.3 is 0 Å². The molecule has 0 fully saturated rings. The zero-order valence-corrected chi connectivity index (χ0v) is 5.46. The smallest absolute Gasteiger partial charge is 0.169 e. The highest BCUT2D eigenvalue weighted by Crippen LogP contribution is 2.02. The zero-order valence-electron chi connectivity index (χ0n) is 5.46. The number of hydrogen-bond donors (Lipinski definition) is 1. The molecule has 0 radical (unpaired) electrons. The third-order valence-electron chi connectivity index (χ3n) is 1.14. The van der Waals surface area contributed by atoms with Gasteiger partial charge in [-0.2, -0.15) is 0 Å². The Hall–Kier alpha value is -1.03. The Morgan fingerprint density at radius 3 is 2.56 bits per heavy atom. The van der Waals surface area contributed by atoms with E-state index in [1.807, 2.05) is 7.05 Å². The van der Waals surface area contributed by atoms with Crippen molar-refractivity contribution in [1.82, 2.24) is 15.6 Å². The lowest BCUT2D eigenvalue weighted by Gasteiger charge is -2.14. The molecule has 1 aliphatic heterocycles. The van der Waals surface area contributed by atoms with Crippen molar-refractivity contribution >= 4 is 6.29 Å². The highest BCUT2D eigenvalue weighted by molar-refractivity contribution is 5.72. The molecule has 0 bridgehead atoms. The second-order valence-electron chi connectivity index (χ2n) is 1.94. The van der Waals surface area contributed by atoms with Crippen molar-refractivity contribution in [3.63, 3.8) is 0 Å². The summed E-state index contributed by atoms with van der Waals surface area (Å²) in [7, 11) is 3.61. The molecule has 0 saturated carbocycles. The first kappa shape index (κ1) is 6.10. The van der Waals surface area contributed by atoms with Gasteiger partial charge in [-0.15, -0.1) is 5.53 Å². The van der Waals surface area contributed by atoms with E-state index < -0.39 is 0 Å². The molecule has 1 aliphatic rings. The molecule has 0 spiro atoms. The number of nitrogens with zero attached hydrogens (tertiary/aromatic N) is 2. The van der Waals surface area contributed by atoms with Crippen molar-refractivity contribution in [3.8, 4) is 0 Å². The van der Waals surface area contributed by atoms with Crippen LogP contribution in [-0.4, -0.2) is 30.4 Å². The van der Waals surface area contributed by atoms with Gasteiger partial charge in [0, 0.05) is 20.3 Å². The van der Waals surface area contributed by atoms with Crippen molar-refractivity contribution in [1.29, 1.82) is 0 Å². The number of aldehydes is 1. The van der Waals surface area contributed by atoms with Gasteiger partial charge in [0.25, 0.3) is 0 Å². The fourth-order valence-corrected chi connectivity index (χ4v) is 0.718. The number of nitrogens with one attached hydrogen (secondary N) is 1. The molecule has 0 atom stereocenters. The first-order valence-corrected chi connectivity index (χ1v) is 2.64. The van der Waals surface area contributed by atoms with Crippen LogP contribution in [0, 0.1) is 0 Å². The van der Waals surface area contributed by atoms with Gasteiger partial charge in [0.2, 0.25) is 0 Å². The molecule has 0 aliphatic carbocycles. The summed E-state index contributed by atoms with van der Waals surface area (Å²) in [6.07, 6.45) is 2.52. The van der Waals surface area contributed by atoms with E-state index >= 15 is 0 Å². The van der Waals surface area contributed by atoms with Crippen molar-refractivity contribution in [3.05, 3.63) is 11.9 Å². The highest BCUT2D eigenvalue weighted by atomic mass is 16.1. The second kappa shape index (κ2) is 2.06. The maximum absolute atomic E-state index is 10.2. The zero-order chi connectivity index (χ0) is 6.85. The number of likely N-dealkylation sites (N-methyl/N-ethyl adjacent to an activating group) is 1. The minimum Gasteiger partial charge on any atom is -0.299 e. The maximum Gasteiger partial charge on any atom is 0.169 e. The summed E-state index contributed by atoms with van der Waals surface area (Å²) in [5, 5.41) is 3.36. The Morgan fingerprint density at radius 2 is 2.33 bits per heavy atom. The van der Waals surface area contributed by atoms with Crippen LogP contribution in [0.2, 0.25) is 0 Å². The van der Waals surface area contributed by atoms with Crippen LogP contribution < -0.4 is 5.53 Å². The molecule has 1 rings (SSSR count). The maximum atomic E-state index is 10.2. The molecule has 0 aromatic heterocycles. The number of allylic oxidation sites excluding steroid dienone is 1. The highest BCUT2D eigenvalue weighted by Gasteiger charge is 2.11. The van der Waals surface area contributed by atoms with Crippen LogP contribution in [0.15, 0.2) is 11.9 Å². The summed E-state index contributed by atoms with van der Waals surface area (Å²) in [6, 6.07) is 0. The number of carbonyl (C=O) groups excluding carboxylic acids is 1. The Bertz CT molecular complexity index is 154. The fraction of sp³-hybridized carbons (Fsp3) is 0.400. The molecule has 0 amide bonds. The van der Waals surface area contributed by atoms with Crippen LogP contribution in [0.1, 0.15) is 0 Å². The molecule has 0 aromatic carbocycles. The van der Waals surface area contributed by atoms with Crippen molar-refractivity contribution in [2.75, 3.05) is 14.1 Å². The van der Waals surface area contributed by atoms with E-state index in [1.54, 1.807) is 23.3 Å². The van der Waals surface area contributed by atoms with E-state index in [2.05, 4.69) is 5.53 Å². The molecule has 9 heavy (non-hydrogen) atoms. The van der Waals surface area contributed by atoms with E-state index in [9.17, 15) is 4.79 Å². The summed E-state index contributed by atoms with van der Waals surface area (Å²) < 4.78 is 0. The van der Waals surface area contributed by atoms with Crippen LogP contribution in [0.5, 0.6) is 0 Å². The lowest BCUT2D eigenvalue weighted by atomic mass is 10.5. The van der Waals surface area contributed by atoms with Crippen LogP contribution in [0.3, 0.4) is 0 Å². The molecule has 4 heteroatoms. The van der Waals surface area contributed by atoms with Gasteiger partial charge in [0.05, 0.1) is 0 Å². The predicted molar refractivity (Wildman–Crippen MR) is 32.8 cm³/mol. The van der Waals surface area contributed by atoms with Gasteiger partial charge in [0.15, 0.2) is 6.29 Å². The summed E-state index contributed by atoms with van der Waals surface area (Å²) >= 11 is 0. The monoisotopic (exact) mass is 127 g/mol. The molecule has 4 nitrogen and oxygen atoms in total. The summed E-state index contributed by atoms with van der Waals surface area (Å²) in [5.74, 6) is 0. The summed E-state index contributed by atoms with van der Waals surface area (Å²) in [5.41, 5.74) is 3.50. The Labute approximate surface area is 53.7 Å². The van der Waals surface area contributed by atoms with Gasteiger partial charge in [-0.1, -0.05) is 0 Å². The standard InChI is InChI=1S/C5H9N3O/c1-7-3-5(4-9)8(2)6-7/h3-4,6H,1-2H3. The second-order valence-corrected chi connectivity index (χ2v) is 1.94. The van der Waals surface area contributed by atoms with Crippen LogP contribution >= 0.6 is 0 Å². The minimum atomic E-state index is 0.637. The topological polar surface area (TPSA) is 35.6 Å². The Balaban J connectivity index is 2.68. The Morgan fingerprint density at radius 1 is 1.67 bits per heavy atom. The van der Waals surface area contributed by atoms with Crippen molar-refractivity contribution < 1.29 is 4.79 Å². The molecule has 0 aromatic rings. The van der Waals surface area contributed by atoms with E-state index in [-0.39, 0.29) is 0 Å². The minimum absolute atomic E-state index is 0.637. The largest absolute Gasteiger partial charge is 0.299 e. The number of rotatable bonds is 1. The first-order chi connectivity index (χ1) is 4.24. The molecular formula is C5H9N3O. The quantitative estimate of drug-likeness (QED) is 0.473. The van der Waals surface area contributed by atoms with Gasteiger partial charge >= 0.3 is 0 Å². The SMILES string of the molecule is CN1C=C(C=O)N(C)N1. The third-order valence-corrected chi connectivity index (χ3v) is 1.14. The normalized spacial score (nSPS) is 18.2. The molecular weight excluding hydrogens is 118 g/mol. The number of hydrogen-bond acceptors (Lipinski definition) is 4. The van der Waals surface area contributed by atoms with E-state index in [4.69, 9.17) is 0 Å². The Kier molecular flexibility index (Phi) is 1.40. The van der Waals surface area contributed by atoms with Crippen LogP contribution in [-0.2, 0) is 4.79 Å². The number of carbonyl (C=O) groups is 1. The van der Waals surface area contributed by atoms with Crippen molar-refractivity contribution in [2.45, 2.75) is 0 Å². The van der Waals surface area contributed by atoms with Gasteiger partial charge in [-0.05, 0) is 0 Å². The van der Waals surface area contributed by atoms with E-state index in [0.29, 0.717) is 5.70 Å². The van der Waals surface area contributed by atoms with E-state index in [0.717, 1.165) is 6.29 Å². The van der Waals surface area contributed by atoms with Crippen LogP contribution in [0.25, 0.3) is 0 Å².